The summed E-state index contributed by atoms with van der Waals surface area (Å²) in [7, 11) is 0. The molecular formula is C19H15ClN4O4. The number of hydrogen-bond acceptors (Lipinski definition) is 6. The number of aromatic nitrogens is 2. The molecule has 1 fully saturated rings. The second kappa shape index (κ2) is 7.40. The molecule has 0 unspecified atom stereocenters. The van der Waals surface area contributed by atoms with E-state index in [1.807, 2.05) is 0 Å². The third-order valence-electron chi connectivity index (χ3n) is 4.42. The summed E-state index contributed by atoms with van der Waals surface area (Å²) < 4.78 is 5.66. The van der Waals surface area contributed by atoms with Crippen LogP contribution in [0, 0.1) is 10.1 Å². The van der Waals surface area contributed by atoms with E-state index in [2.05, 4.69) is 10.2 Å². The molecule has 0 aliphatic heterocycles. The smallest absolute Gasteiger partial charge is 0.270 e. The van der Waals surface area contributed by atoms with Gasteiger partial charge in [0.15, 0.2) is 0 Å². The van der Waals surface area contributed by atoms with Crippen LogP contribution in [0.3, 0.4) is 0 Å². The SMILES string of the molecule is O=C(c1ccc(Cl)cc1)N(Cc1nnc(-c2cccc([N+](=O)[O-])c2)o1)C1CC1. The highest BCUT2D eigenvalue weighted by molar-refractivity contribution is 6.30. The van der Waals surface area contributed by atoms with Crippen molar-refractivity contribution in [1.82, 2.24) is 15.1 Å². The predicted octanol–water partition coefficient (Wildman–Crippen LogP) is 4.10. The number of nitro groups is 1. The zero-order valence-electron chi connectivity index (χ0n) is 14.6. The first-order valence-corrected chi connectivity index (χ1v) is 9.03. The third kappa shape index (κ3) is 3.86. The molecule has 1 aliphatic rings. The van der Waals surface area contributed by atoms with Gasteiger partial charge in [-0.2, -0.15) is 0 Å². The van der Waals surface area contributed by atoms with Gasteiger partial charge < -0.3 is 9.32 Å². The van der Waals surface area contributed by atoms with Crippen molar-refractivity contribution in [3.8, 4) is 11.5 Å². The summed E-state index contributed by atoms with van der Waals surface area (Å²) in [5.74, 6) is 0.318. The van der Waals surface area contributed by atoms with Crippen LogP contribution in [0.1, 0.15) is 29.1 Å². The maximum Gasteiger partial charge on any atom is 0.270 e. The van der Waals surface area contributed by atoms with Gasteiger partial charge in [0.05, 0.1) is 11.5 Å². The van der Waals surface area contributed by atoms with Crippen molar-refractivity contribution in [3.05, 3.63) is 75.1 Å². The number of benzene rings is 2. The number of carbonyl (C=O) groups excluding carboxylic acids is 1. The molecule has 28 heavy (non-hydrogen) atoms. The number of nitrogens with zero attached hydrogens (tertiary/aromatic N) is 4. The average molecular weight is 399 g/mol. The third-order valence-corrected chi connectivity index (χ3v) is 4.67. The highest BCUT2D eigenvalue weighted by atomic mass is 35.5. The lowest BCUT2D eigenvalue weighted by atomic mass is 10.2. The van der Waals surface area contributed by atoms with E-state index >= 15 is 0 Å². The number of halogens is 1. The summed E-state index contributed by atoms with van der Waals surface area (Å²) in [5.41, 5.74) is 0.930. The summed E-state index contributed by atoms with van der Waals surface area (Å²) in [6, 6.07) is 12.8. The second-order valence-corrected chi connectivity index (χ2v) is 6.92. The molecule has 8 nitrogen and oxygen atoms in total. The molecule has 4 rings (SSSR count). The molecule has 0 N–H and O–H groups in total. The largest absolute Gasteiger partial charge is 0.419 e. The number of carbonyl (C=O) groups is 1. The van der Waals surface area contributed by atoms with Crippen LogP contribution in [0.15, 0.2) is 52.9 Å². The zero-order valence-corrected chi connectivity index (χ0v) is 15.4. The minimum atomic E-state index is -0.486. The van der Waals surface area contributed by atoms with Crippen molar-refractivity contribution in [2.75, 3.05) is 0 Å². The Morgan fingerprint density at radius 3 is 2.64 bits per heavy atom. The van der Waals surface area contributed by atoms with Crippen LogP contribution in [0.25, 0.3) is 11.5 Å². The van der Waals surface area contributed by atoms with Gasteiger partial charge >= 0.3 is 0 Å². The fraction of sp³-hybridized carbons (Fsp3) is 0.211. The van der Waals surface area contributed by atoms with Crippen molar-refractivity contribution < 1.29 is 14.1 Å². The molecule has 1 aromatic heterocycles. The summed E-state index contributed by atoms with van der Waals surface area (Å²) in [5, 5.41) is 19.5. The lowest BCUT2D eigenvalue weighted by molar-refractivity contribution is -0.384. The Labute approximate surface area is 164 Å². The van der Waals surface area contributed by atoms with Crippen LogP contribution in [0.4, 0.5) is 5.69 Å². The highest BCUT2D eigenvalue weighted by Crippen LogP contribution is 2.30. The van der Waals surface area contributed by atoms with Crippen molar-refractivity contribution >= 4 is 23.2 Å². The Morgan fingerprint density at radius 1 is 1.21 bits per heavy atom. The van der Waals surface area contributed by atoms with Crippen molar-refractivity contribution in [3.63, 3.8) is 0 Å². The van der Waals surface area contributed by atoms with Crippen LogP contribution >= 0.6 is 11.6 Å². The first-order chi connectivity index (χ1) is 13.5. The van der Waals surface area contributed by atoms with E-state index in [0.29, 0.717) is 16.1 Å². The first-order valence-electron chi connectivity index (χ1n) is 8.65. The van der Waals surface area contributed by atoms with Gasteiger partial charge in [-0.25, -0.2) is 0 Å². The number of rotatable bonds is 6. The maximum absolute atomic E-state index is 12.9. The molecule has 1 amide bonds. The summed E-state index contributed by atoms with van der Waals surface area (Å²) in [6.07, 6.45) is 1.84. The van der Waals surface area contributed by atoms with Gasteiger partial charge in [-0.1, -0.05) is 17.7 Å². The Kier molecular flexibility index (Phi) is 4.79. The van der Waals surface area contributed by atoms with Crippen LogP contribution in [-0.2, 0) is 6.54 Å². The second-order valence-electron chi connectivity index (χ2n) is 6.48. The molecule has 1 heterocycles. The molecule has 0 bridgehead atoms. The molecule has 1 saturated carbocycles. The molecule has 1 aliphatic carbocycles. The Balaban J connectivity index is 1.54. The molecule has 142 valence electrons. The zero-order chi connectivity index (χ0) is 19.7. The molecule has 3 aromatic rings. The Bertz CT molecular complexity index is 1030. The van der Waals surface area contributed by atoms with Gasteiger partial charge in [-0.05, 0) is 43.2 Å². The molecular weight excluding hydrogens is 384 g/mol. The van der Waals surface area contributed by atoms with E-state index in [1.165, 1.54) is 12.1 Å². The minimum absolute atomic E-state index is 0.0604. The van der Waals surface area contributed by atoms with Crippen LogP contribution in [-0.4, -0.2) is 32.0 Å². The molecule has 0 saturated heterocycles. The van der Waals surface area contributed by atoms with Crippen molar-refractivity contribution in [2.45, 2.75) is 25.4 Å². The normalized spacial score (nSPS) is 13.3. The summed E-state index contributed by atoms with van der Waals surface area (Å²) >= 11 is 5.89. The highest BCUT2D eigenvalue weighted by Gasteiger charge is 2.34. The number of non-ortho nitro benzene ring substituents is 1. The number of hydrogen-bond donors (Lipinski definition) is 0. The molecule has 0 atom stereocenters. The summed E-state index contributed by atoms with van der Waals surface area (Å²) in [6.45, 7) is 0.175. The minimum Gasteiger partial charge on any atom is -0.419 e. The van der Waals surface area contributed by atoms with E-state index < -0.39 is 4.92 Å². The van der Waals surface area contributed by atoms with Gasteiger partial charge in [0, 0.05) is 34.3 Å². The van der Waals surface area contributed by atoms with Crippen LogP contribution < -0.4 is 0 Å². The van der Waals surface area contributed by atoms with Gasteiger partial charge in [0.1, 0.15) is 0 Å². The monoisotopic (exact) mass is 398 g/mol. The Hall–Kier alpha value is -3.26. The fourth-order valence-electron chi connectivity index (χ4n) is 2.84. The standard InChI is InChI=1S/C19H15ClN4O4/c20-14-6-4-12(5-7-14)19(25)23(15-8-9-15)11-17-21-22-18(28-17)13-2-1-3-16(10-13)24(26)27/h1-7,10,15H,8-9,11H2. The van der Waals surface area contributed by atoms with Crippen LogP contribution in [0.5, 0.6) is 0 Å². The Morgan fingerprint density at radius 2 is 1.96 bits per heavy atom. The fourth-order valence-corrected chi connectivity index (χ4v) is 2.97. The van der Waals surface area contributed by atoms with E-state index in [9.17, 15) is 14.9 Å². The van der Waals surface area contributed by atoms with E-state index in [-0.39, 0.29) is 36.0 Å². The molecule has 0 radical (unpaired) electrons. The van der Waals surface area contributed by atoms with Gasteiger partial charge in [-0.15, -0.1) is 10.2 Å². The topological polar surface area (TPSA) is 102 Å². The molecule has 9 heteroatoms. The lowest BCUT2D eigenvalue weighted by Gasteiger charge is -2.20. The van der Waals surface area contributed by atoms with E-state index in [4.69, 9.17) is 16.0 Å². The molecule has 0 spiro atoms. The average Bonchev–Trinajstić information content (AvgIpc) is 3.44. The number of nitro benzene ring substituents is 1. The van der Waals surface area contributed by atoms with Gasteiger partial charge in [0.25, 0.3) is 11.6 Å². The predicted molar refractivity (Wildman–Crippen MR) is 101 cm³/mol. The summed E-state index contributed by atoms with van der Waals surface area (Å²) in [4.78, 5) is 25.0. The molecule has 2 aromatic carbocycles. The number of amides is 1. The van der Waals surface area contributed by atoms with Crippen molar-refractivity contribution in [1.29, 1.82) is 0 Å². The first kappa shape index (κ1) is 18.1. The maximum atomic E-state index is 12.9. The van der Waals surface area contributed by atoms with Gasteiger partial charge in [0.2, 0.25) is 11.8 Å². The quantitative estimate of drug-likeness (QED) is 0.457. The lowest BCUT2D eigenvalue weighted by Crippen LogP contribution is -2.32. The van der Waals surface area contributed by atoms with Crippen molar-refractivity contribution in [2.24, 2.45) is 0 Å². The van der Waals surface area contributed by atoms with E-state index in [0.717, 1.165) is 12.8 Å². The van der Waals surface area contributed by atoms with Gasteiger partial charge in [-0.3, -0.25) is 14.9 Å². The van der Waals surface area contributed by atoms with E-state index in [1.54, 1.807) is 41.3 Å². The van der Waals surface area contributed by atoms with Crippen LogP contribution in [0.2, 0.25) is 5.02 Å².